The Labute approximate surface area is 325 Å². The lowest BCUT2D eigenvalue weighted by Crippen LogP contribution is -2.28. The number of hydrogen-bond acceptors (Lipinski definition) is 4. The van der Waals surface area contributed by atoms with Crippen LogP contribution in [0.25, 0.3) is 66.8 Å². The summed E-state index contributed by atoms with van der Waals surface area (Å²) in [5, 5.41) is 1.14. The van der Waals surface area contributed by atoms with Crippen molar-refractivity contribution < 1.29 is 0 Å². The number of nitrogens with zero attached hydrogens (tertiary/aromatic N) is 5. The van der Waals surface area contributed by atoms with Crippen LogP contribution in [0.1, 0.15) is 17.0 Å². The van der Waals surface area contributed by atoms with Gasteiger partial charge in [0.05, 0.1) is 34.0 Å². The molecule has 1 aliphatic heterocycles. The number of anilines is 2. The Kier molecular flexibility index (Phi) is 7.56. The minimum Gasteiger partial charge on any atom is -0.333 e. The quantitative estimate of drug-likeness (QED) is 0.172. The number of pyridine rings is 3. The molecule has 0 N–H and O–H groups in total. The van der Waals surface area contributed by atoms with Gasteiger partial charge >= 0.3 is 0 Å². The summed E-state index contributed by atoms with van der Waals surface area (Å²) < 4.78 is 2.35. The van der Waals surface area contributed by atoms with Gasteiger partial charge in [-0.3, -0.25) is 15.0 Å². The maximum absolute atomic E-state index is 4.88. The van der Waals surface area contributed by atoms with Crippen LogP contribution in [-0.4, -0.2) is 25.6 Å². The molecule has 0 saturated heterocycles. The first-order valence-electron chi connectivity index (χ1n) is 19.1. The second-order valence-corrected chi connectivity index (χ2v) is 14.5. The van der Waals surface area contributed by atoms with E-state index in [1.807, 2.05) is 48.9 Å². The van der Waals surface area contributed by atoms with Gasteiger partial charge in [-0.1, -0.05) is 85.0 Å². The van der Waals surface area contributed by atoms with Gasteiger partial charge in [-0.25, -0.2) is 0 Å². The number of rotatable bonds is 6. The van der Waals surface area contributed by atoms with Crippen molar-refractivity contribution in [3.8, 4) is 39.3 Å². The summed E-state index contributed by atoms with van der Waals surface area (Å²) in [5.74, 6) is 0.247. The first-order valence-corrected chi connectivity index (χ1v) is 19.1. The first kappa shape index (κ1) is 32.1. The van der Waals surface area contributed by atoms with Gasteiger partial charge in [0, 0.05) is 58.1 Å². The molecule has 9 aromatic rings. The van der Waals surface area contributed by atoms with E-state index in [1.54, 1.807) is 0 Å². The topological polar surface area (TPSA) is 46.8 Å². The molecule has 0 radical (unpaired) electrons. The molecule has 5 nitrogen and oxygen atoms in total. The molecule has 0 amide bonds. The molecule has 4 aromatic heterocycles. The molecule has 1 aliphatic carbocycles. The van der Waals surface area contributed by atoms with E-state index in [2.05, 4.69) is 171 Å². The second-order valence-electron chi connectivity index (χ2n) is 14.5. The minimum absolute atomic E-state index is 0.223. The lowest BCUT2D eigenvalue weighted by molar-refractivity contribution is 0.747. The van der Waals surface area contributed by atoms with Gasteiger partial charge in [0.1, 0.15) is 0 Å². The SMILES string of the molecule is C1=CC2C(C=C1c1ccc3c4ncccc4n(-c4ccc(-c5cc(-c6ccccn6)cc(-c6ccccn6)c5)cc4)c3c1)c1ccccc1N2c1ccccc1. The van der Waals surface area contributed by atoms with Crippen LogP contribution in [0.3, 0.4) is 0 Å². The average Bonchev–Trinajstić information content (AvgIpc) is 3.79. The Balaban J connectivity index is 0.994. The van der Waals surface area contributed by atoms with Gasteiger partial charge in [-0.05, 0) is 125 Å². The molecular weight excluding hydrogens is 683 g/mol. The summed E-state index contributed by atoms with van der Waals surface area (Å²) in [4.78, 5) is 16.7. The van der Waals surface area contributed by atoms with E-state index in [9.17, 15) is 0 Å². The van der Waals surface area contributed by atoms with Crippen molar-refractivity contribution in [2.75, 3.05) is 4.90 Å². The van der Waals surface area contributed by atoms with Crippen molar-refractivity contribution in [1.29, 1.82) is 0 Å². The highest BCUT2D eigenvalue weighted by Crippen LogP contribution is 2.49. The van der Waals surface area contributed by atoms with Gasteiger partial charge in [-0.2, -0.15) is 0 Å². The van der Waals surface area contributed by atoms with Crippen molar-refractivity contribution in [1.82, 2.24) is 19.5 Å². The highest BCUT2D eigenvalue weighted by molar-refractivity contribution is 6.08. The van der Waals surface area contributed by atoms with Crippen molar-refractivity contribution in [2.24, 2.45) is 0 Å². The van der Waals surface area contributed by atoms with Crippen LogP contribution >= 0.6 is 0 Å². The zero-order valence-electron chi connectivity index (χ0n) is 30.4. The Hall–Kier alpha value is -7.37. The molecule has 2 aliphatic rings. The fourth-order valence-corrected chi connectivity index (χ4v) is 8.68. The van der Waals surface area contributed by atoms with E-state index in [-0.39, 0.29) is 12.0 Å². The lowest BCUT2D eigenvalue weighted by atomic mass is 9.86. The highest BCUT2D eigenvalue weighted by atomic mass is 15.2. The van der Waals surface area contributed by atoms with Crippen molar-refractivity contribution in [2.45, 2.75) is 12.0 Å². The third-order valence-electron chi connectivity index (χ3n) is 11.3. The molecule has 2 atom stereocenters. The largest absolute Gasteiger partial charge is 0.333 e. The van der Waals surface area contributed by atoms with Crippen LogP contribution < -0.4 is 4.90 Å². The lowest BCUT2D eigenvalue weighted by Gasteiger charge is -2.29. The number of allylic oxidation sites excluding steroid dienone is 2. The number of fused-ring (bicyclic) bond motifs is 6. The van der Waals surface area contributed by atoms with Crippen LogP contribution in [0.15, 0.2) is 201 Å². The molecule has 0 bridgehead atoms. The molecule has 2 unspecified atom stereocenters. The molecule has 264 valence electrons. The van der Waals surface area contributed by atoms with E-state index in [4.69, 9.17) is 4.98 Å². The van der Waals surface area contributed by atoms with Crippen LogP contribution in [0.4, 0.5) is 11.4 Å². The summed E-state index contributed by atoms with van der Waals surface area (Å²) in [6.07, 6.45) is 12.7. The Morgan fingerprint density at radius 3 is 1.89 bits per heavy atom. The smallest absolute Gasteiger partial charge is 0.0963 e. The predicted octanol–water partition coefficient (Wildman–Crippen LogP) is 12.2. The maximum atomic E-state index is 4.88. The first-order chi connectivity index (χ1) is 27.8. The molecule has 56 heavy (non-hydrogen) atoms. The minimum atomic E-state index is 0.223. The van der Waals surface area contributed by atoms with Crippen LogP contribution in [0, 0.1) is 0 Å². The summed E-state index contributed by atoms with van der Waals surface area (Å²) in [6, 6.07) is 58.4. The van der Waals surface area contributed by atoms with Gasteiger partial charge in [0.15, 0.2) is 0 Å². The molecule has 5 heterocycles. The summed E-state index contributed by atoms with van der Waals surface area (Å²) in [6.45, 7) is 0. The second kappa shape index (κ2) is 13.2. The number of para-hydroxylation sites is 2. The van der Waals surface area contributed by atoms with E-state index >= 15 is 0 Å². The van der Waals surface area contributed by atoms with Crippen molar-refractivity contribution in [3.63, 3.8) is 0 Å². The van der Waals surface area contributed by atoms with Gasteiger partial charge in [0.25, 0.3) is 0 Å². The summed E-state index contributed by atoms with van der Waals surface area (Å²) in [5.41, 5.74) is 16.8. The fraction of sp³-hybridized carbons (Fsp3) is 0.0392. The predicted molar refractivity (Wildman–Crippen MR) is 229 cm³/mol. The molecule has 5 aromatic carbocycles. The van der Waals surface area contributed by atoms with Gasteiger partial charge < -0.3 is 9.47 Å². The van der Waals surface area contributed by atoms with Crippen molar-refractivity contribution >= 4 is 38.9 Å². The third kappa shape index (κ3) is 5.36. The van der Waals surface area contributed by atoms with E-state index in [0.717, 1.165) is 61.3 Å². The molecule has 0 saturated carbocycles. The summed E-state index contributed by atoms with van der Waals surface area (Å²) >= 11 is 0. The average molecular weight is 718 g/mol. The summed E-state index contributed by atoms with van der Waals surface area (Å²) in [7, 11) is 0. The standard InChI is InChI=1S/C51H35N5/c1-2-11-40(12-3-1)55-47-16-5-4-13-42(47)44-32-35(21-25-48(44)55)36-20-24-43-50(33-36)56(49-17-10-28-54-51(43)49)41-22-18-34(19-23-41)37-29-38(45-14-6-8-26-52-45)31-39(30-37)46-15-7-9-27-53-46/h1-33,44,48H. The highest BCUT2D eigenvalue weighted by Gasteiger charge is 2.38. The fourth-order valence-electron chi connectivity index (χ4n) is 8.68. The van der Waals surface area contributed by atoms with Crippen molar-refractivity contribution in [3.05, 3.63) is 212 Å². The zero-order chi connectivity index (χ0) is 37.0. The zero-order valence-corrected chi connectivity index (χ0v) is 30.4. The molecule has 11 rings (SSSR count). The van der Waals surface area contributed by atoms with Crippen LogP contribution in [-0.2, 0) is 0 Å². The molecule has 5 heteroatoms. The monoisotopic (exact) mass is 717 g/mol. The number of hydrogen-bond donors (Lipinski definition) is 0. The van der Waals surface area contributed by atoms with Gasteiger partial charge in [0.2, 0.25) is 0 Å². The maximum Gasteiger partial charge on any atom is 0.0963 e. The molecule has 0 fully saturated rings. The Bertz CT molecular complexity index is 2910. The number of aromatic nitrogens is 4. The van der Waals surface area contributed by atoms with E-state index < -0.39 is 0 Å². The molecule has 0 spiro atoms. The van der Waals surface area contributed by atoms with E-state index in [0.29, 0.717) is 0 Å². The third-order valence-corrected chi connectivity index (χ3v) is 11.3. The van der Waals surface area contributed by atoms with E-state index in [1.165, 1.54) is 28.1 Å². The Morgan fingerprint density at radius 1 is 0.464 bits per heavy atom. The van der Waals surface area contributed by atoms with Crippen LogP contribution in [0.5, 0.6) is 0 Å². The number of benzene rings is 5. The Morgan fingerprint density at radius 2 is 1.14 bits per heavy atom. The van der Waals surface area contributed by atoms with Gasteiger partial charge in [-0.15, -0.1) is 0 Å². The normalized spacial score (nSPS) is 15.9. The molecular formula is C51H35N5. The van der Waals surface area contributed by atoms with Crippen LogP contribution in [0.2, 0.25) is 0 Å².